The van der Waals surface area contributed by atoms with E-state index in [0.717, 1.165) is 18.5 Å². The summed E-state index contributed by atoms with van der Waals surface area (Å²) in [5.74, 6) is -1.71. The van der Waals surface area contributed by atoms with Crippen LogP contribution in [0.3, 0.4) is 0 Å². The summed E-state index contributed by atoms with van der Waals surface area (Å²) in [4.78, 5) is 37.3. The number of methoxy groups -OCH3 is 1. The van der Waals surface area contributed by atoms with Gasteiger partial charge in [-0.25, -0.2) is 4.79 Å². The normalized spacial score (nSPS) is 19.0. The Morgan fingerprint density at radius 1 is 1.24 bits per heavy atom. The van der Waals surface area contributed by atoms with E-state index in [0.29, 0.717) is 44.6 Å². The van der Waals surface area contributed by atoms with Gasteiger partial charge in [0.25, 0.3) is 11.7 Å². The highest BCUT2D eigenvalue weighted by molar-refractivity contribution is 6.42. The number of esters is 1. The van der Waals surface area contributed by atoms with Crippen LogP contribution in [0.4, 0.5) is 0 Å². The number of fused-ring (bicyclic) bond motifs is 1. The Morgan fingerprint density at radius 3 is 2.64 bits per heavy atom. The molecule has 3 rings (SSSR count). The number of hydrogen-bond acceptors (Lipinski definition) is 5. The number of rotatable bonds is 4. The number of Topliss-reactive ketones (excluding diaryl/α,β-unsaturated/α-hetero) is 1. The Labute approximate surface area is 146 Å². The molecule has 1 N–H and O–H groups in total. The number of ketones is 1. The van der Waals surface area contributed by atoms with Crippen molar-refractivity contribution in [3.05, 3.63) is 23.0 Å². The first-order valence-corrected chi connectivity index (χ1v) is 8.70. The molecule has 1 aromatic rings. The van der Waals surface area contributed by atoms with Crippen molar-refractivity contribution < 1.29 is 23.9 Å². The molecular weight excluding hydrogens is 324 g/mol. The molecule has 0 unspecified atom stereocenters. The molecule has 3 heterocycles. The van der Waals surface area contributed by atoms with Gasteiger partial charge in [0, 0.05) is 31.0 Å². The fourth-order valence-electron chi connectivity index (χ4n) is 3.55. The predicted octanol–water partition coefficient (Wildman–Crippen LogP) is 1.48. The van der Waals surface area contributed by atoms with E-state index in [2.05, 4.69) is 5.32 Å². The summed E-state index contributed by atoms with van der Waals surface area (Å²) < 4.78 is 11.9. The van der Waals surface area contributed by atoms with E-state index in [9.17, 15) is 14.4 Å². The van der Waals surface area contributed by atoms with Gasteiger partial charge >= 0.3 is 5.97 Å². The molecule has 0 atom stereocenters. The van der Waals surface area contributed by atoms with Crippen molar-refractivity contribution >= 4 is 17.7 Å². The van der Waals surface area contributed by atoms with Gasteiger partial charge in [0.2, 0.25) is 0 Å². The average Bonchev–Trinajstić information content (AvgIpc) is 3.00. The van der Waals surface area contributed by atoms with E-state index < -0.39 is 23.2 Å². The third-order valence-corrected chi connectivity index (χ3v) is 5.11. The zero-order valence-electron chi connectivity index (χ0n) is 14.7. The summed E-state index contributed by atoms with van der Waals surface area (Å²) in [6.07, 6.45) is 3.91. The van der Waals surface area contributed by atoms with Gasteiger partial charge in [-0.2, -0.15) is 0 Å². The molecule has 1 aromatic heterocycles. The molecule has 2 aliphatic heterocycles. The van der Waals surface area contributed by atoms with Gasteiger partial charge in [-0.05, 0) is 45.1 Å². The number of ether oxygens (including phenoxy) is 2. The van der Waals surface area contributed by atoms with Crippen molar-refractivity contribution in [2.75, 3.05) is 20.3 Å². The minimum absolute atomic E-state index is 0.267. The molecule has 0 radical (unpaired) electrons. The van der Waals surface area contributed by atoms with Crippen molar-refractivity contribution in [1.82, 2.24) is 9.88 Å². The van der Waals surface area contributed by atoms with Crippen LogP contribution >= 0.6 is 0 Å². The lowest BCUT2D eigenvalue weighted by Crippen LogP contribution is -2.51. The maximum absolute atomic E-state index is 12.7. The highest BCUT2D eigenvalue weighted by atomic mass is 16.5. The number of carbonyl (C=O) groups excluding carboxylic acids is 3. The third-order valence-electron chi connectivity index (χ3n) is 5.11. The van der Waals surface area contributed by atoms with E-state index in [1.165, 1.54) is 13.2 Å². The van der Waals surface area contributed by atoms with Crippen molar-refractivity contribution in [3.63, 3.8) is 0 Å². The van der Waals surface area contributed by atoms with E-state index >= 15 is 0 Å². The molecule has 0 spiro atoms. The van der Waals surface area contributed by atoms with Crippen LogP contribution in [-0.4, -0.2) is 48.1 Å². The van der Waals surface area contributed by atoms with Gasteiger partial charge in [0.15, 0.2) is 0 Å². The van der Waals surface area contributed by atoms with E-state index in [-0.39, 0.29) is 5.69 Å². The van der Waals surface area contributed by atoms with Crippen LogP contribution in [-0.2, 0) is 27.2 Å². The molecule has 0 aliphatic carbocycles. The summed E-state index contributed by atoms with van der Waals surface area (Å²) in [6, 6.07) is 1.50. The van der Waals surface area contributed by atoms with Crippen molar-refractivity contribution in [3.8, 4) is 0 Å². The summed E-state index contributed by atoms with van der Waals surface area (Å²) in [5.41, 5.74) is 0.999. The highest BCUT2D eigenvalue weighted by Crippen LogP contribution is 2.25. The lowest BCUT2D eigenvalue weighted by atomic mass is 9.92. The molecular formula is C18H24N2O5. The highest BCUT2D eigenvalue weighted by Gasteiger charge is 2.34. The minimum Gasteiger partial charge on any atom is -0.465 e. The fourth-order valence-corrected chi connectivity index (χ4v) is 3.55. The molecule has 136 valence electrons. The first-order chi connectivity index (χ1) is 11.9. The van der Waals surface area contributed by atoms with Crippen LogP contribution in [0.15, 0.2) is 6.07 Å². The standard InChI is InChI=1S/C18H24N2O5/c1-18(6-9-25-10-7-18)19-16(22)15(21)14-11-12(17(23)24-2)13-5-3-4-8-20(13)14/h11H,3-10H2,1-2H3,(H,19,22). The predicted molar refractivity (Wildman–Crippen MR) is 89.6 cm³/mol. The molecule has 2 aliphatic rings. The Hall–Kier alpha value is -2.15. The first-order valence-electron chi connectivity index (χ1n) is 8.70. The van der Waals surface area contributed by atoms with Crippen LogP contribution < -0.4 is 5.32 Å². The average molecular weight is 348 g/mol. The van der Waals surface area contributed by atoms with Gasteiger partial charge < -0.3 is 19.4 Å². The Balaban J connectivity index is 1.85. The van der Waals surface area contributed by atoms with Gasteiger partial charge in [-0.1, -0.05) is 0 Å². The second kappa shape index (κ2) is 7.00. The summed E-state index contributed by atoms with van der Waals surface area (Å²) >= 11 is 0. The molecule has 1 amide bonds. The minimum atomic E-state index is -0.633. The Bertz CT molecular complexity index is 701. The fraction of sp³-hybridized carbons (Fsp3) is 0.611. The van der Waals surface area contributed by atoms with Crippen molar-refractivity contribution in [1.29, 1.82) is 0 Å². The Kier molecular flexibility index (Phi) is 4.94. The largest absolute Gasteiger partial charge is 0.465 e. The molecule has 1 fully saturated rings. The van der Waals surface area contributed by atoms with Crippen LogP contribution in [0.5, 0.6) is 0 Å². The SMILES string of the molecule is COC(=O)c1cc(C(=O)C(=O)NC2(C)CCOCC2)n2c1CCCC2. The van der Waals surface area contributed by atoms with E-state index in [1.807, 2.05) is 6.92 Å². The number of nitrogens with zero attached hydrogens (tertiary/aromatic N) is 1. The Morgan fingerprint density at radius 2 is 1.96 bits per heavy atom. The van der Waals surface area contributed by atoms with Gasteiger partial charge in [0.1, 0.15) is 0 Å². The molecule has 0 saturated carbocycles. The maximum atomic E-state index is 12.7. The number of hydrogen-bond donors (Lipinski definition) is 1. The maximum Gasteiger partial charge on any atom is 0.339 e. The van der Waals surface area contributed by atoms with Crippen LogP contribution in [0.25, 0.3) is 0 Å². The van der Waals surface area contributed by atoms with Gasteiger partial charge in [-0.3, -0.25) is 9.59 Å². The monoisotopic (exact) mass is 348 g/mol. The van der Waals surface area contributed by atoms with E-state index in [1.54, 1.807) is 4.57 Å². The summed E-state index contributed by atoms with van der Waals surface area (Å²) in [7, 11) is 1.31. The summed E-state index contributed by atoms with van der Waals surface area (Å²) in [5, 5.41) is 2.85. The van der Waals surface area contributed by atoms with Crippen molar-refractivity contribution in [2.45, 2.75) is 51.1 Å². The quantitative estimate of drug-likeness (QED) is 0.506. The number of amides is 1. The lowest BCUT2D eigenvalue weighted by molar-refractivity contribution is -0.119. The smallest absolute Gasteiger partial charge is 0.339 e. The molecule has 7 nitrogen and oxygen atoms in total. The molecule has 0 aromatic carbocycles. The zero-order chi connectivity index (χ0) is 18.0. The van der Waals surface area contributed by atoms with Crippen molar-refractivity contribution in [2.24, 2.45) is 0 Å². The molecule has 0 bridgehead atoms. The second-order valence-corrected chi connectivity index (χ2v) is 6.95. The number of nitrogens with one attached hydrogen (secondary N) is 1. The molecule has 1 saturated heterocycles. The van der Waals surface area contributed by atoms with E-state index in [4.69, 9.17) is 9.47 Å². The van der Waals surface area contributed by atoms with Gasteiger partial charge in [-0.15, -0.1) is 0 Å². The topological polar surface area (TPSA) is 86.6 Å². The third kappa shape index (κ3) is 3.46. The lowest BCUT2D eigenvalue weighted by Gasteiger charge is -2.34. The first kappa shape index (κ1) is 17.7. The van der Waals surface area contributed by atoms with Crippen LogP contribution in [0.1, 0.15) is 59.1 Å². The van der Waals surface area contributed by atoms with Gasteiger partial charge in [0.05, 0.1) is 18.4 Å². The van der Waals surface area contributed by atoms with Crippen LogP contribution in [0, 0.1) is 0 Å². The second-order valence-electron chi connectivity index (χ2n) is 6.95. The number of carbonyl (C=O) groups is 3. The van der Waals surface area contributed by atoms with Crippen LogP contribution in [0.2, 0.25) is 0 Å². The zero-order valence-corrected chi connectivity index (χ0v) is 14.7. The number of aromatic nitrogens is 1. The summed E-state index contributed by atoms with van der Waals surface area (Å²) in [6.45, 7) is 3.69. The molecule has 25 heavy (non-hydrogen) atoms. The molecule has 7 heteroatoms.